The third-order valence-electron chi connectivity index (χ3n) is 3.83. The van der Waals surface area contributed by atoms with Gasteiger partial charge in [0.05, 0.1) is 31.2 Å². The Balaban J connectivity index is 2.68. The first-order valence-electron chi connectivity index (χ1n) is 7.89. The van der Waals surface area contributed by atoms with Gasteiger partial charge in [0.1, 0.15) is 17.5 Å². The second kappa shape index (κ2) is 7.38. The van der Waals surface area contributed by atoms with Gasteiger partial charge in [0.25, 0.3) is 0 Å². The van der Waals surface area contributed by atoms with Crippen molar-refractivity contribution in [1.29, 1.82) is 0 Å². The van der Waals surface area contributed by atoms with Crippen LogP contribution in [0.5, 0.6) is 11.5 Å². The van der Waals surface area contributed by atoms with E-state index in [0.717, 1.165) is 6.29 Å². The lowest BCUT2D eigenvalue weighted by atomic mass is 10.1. The Hall–Kier alpha value is -2.50. The number of benzene rings is 1. The number of carbonyl (C=O) groups excluding carboxylic acids is 2. The van der Waals surface area contributed by atoms with Crippen LogP contribution < -0.4 is 9.47 Å². The van der Waals surface area contributed by atoms with E-state index in [1.165, 1.54) is 7.11 Å². The molecule has 0 aliphatic rings. The van der Waals surface area contributed by atoms with Gasteiger partial charge in [-0.05, 0) is 20.3 Å². The topological polar surface area (TPSA) is 66.8 Å². The fourth-order valence-corrected chi connectivity index (χ4v) is 2.77. The summed E-state index contributed by atoms with van der Waals surface area (Å²) in [6.45, 7) is 5.51. The Morgan fingerprint density at radius 1 is 1.25 bits per heavy atom. The largest absolute Gasteiger partial charge is 0.497 e. The number of methoxy groups -OCH3 is 2. The average molecular weight is 333 g/mol. The minimum atomic E-state index is -0.527. The molecule has 2 aromatic rings. The zero-order chi connectivity index (χ0) is 17.9. The summed E-state index contributed by atoms with van der Waals surface area (Å²) < 4.78 is 17.8. The summed E-state index contributed by atoms with van der Waals surface area (Å²) in [7, 11) is 3.09. The quantitative estimate of drug-likeness (QED) is 0.574. The smallest absolute Gasteiger partial charge is 0.329 e. The van der Waals surface area contributed by atoms with Crippen LogP contribution in [-0.4, -0.2) is 37.1 Å². The van der Waals surface area contributed by atoms with E-state index in [-0.39, 0.29) is 12.1 Å². The van der Waals surface area contributed by atoms with E-state index in [9.17, 15) is 9.59 Å². The monoisotopic (exact) mass is 333 g/mol. The number of nitrogens with zero attached hydrogens (tertiary/aromatic N) is 1. The van der Waals surface area contributed by atoms with E-state index < -0.39 is 6.04 Å². The number of hydrogen-bond acceptors (Lipinski definition) is 5. The number of aromatic nitrogens is 1. The minimum absolute atomic E-state index is 0.206. The summed E-state index contributed by atoms with van der Waals surface area (Å²) in [6, 6.07) is 2.98. The number of carbonyl (C=O) groups is 2. The molecule has 0 radical (unpaired) electrons. The van der Waals surface area contributed by atoms with E-state index in [1.54, 1.807) is 43.9 Å². The second-order valence-corrected chi connectivity index (χ2v) is 5.74. The molecule has 0 fully saturated rings. The number of ether oxygens (including phenoxy) is 3. The van der Waals surface area contributed by atoms with E-state index in [2.05, 4.69) is 0 Å². The van der Waals surface area contributed by atoms with Crippen LogP contribution in [-0.2, 0) is 9.53 Å². The van der Waals surface area contributed by atoms with Gasteiger partial charge in [-0.1, -0.05) is 6.92 Å². The lowest BCUT2D eigenvalue weighted by Gasteiger charge is -2.19. The Morgan fingerprint density at radius 3 is 2.46 bits per heavy atom. The summed E-state index contributed by atoms with van der Waals surface area (Å²) in [5.41, 5.74) is 1.15. The molecule has 1 heterocycles. The van der Waals surface area contributed by atoms with Gasteiger partial charge in [0.2, 0.25) is 0 Å². The van der Waals surface area contributed by atoms with Crippen molar-refractivity contribution in [2.45, 2.75) is 39.3 Å². The summed E-state index contributed by atoms with van der Waals surface area (Å²) in [5.74, 6) is 0.782. The molecule has 0 aliphatic heterocycles. The van der Waals surface area contributed by atoms with Crippen LogP contribution >= 0.6 is 0 Å². The summed E-state index contributed by atoms with van der Waals surface area (Å²) in [5, 5.41) is 0.657. The Kier molecular flexibility index (Phi) is 5.49. The average Bonchev–Trinajstić information content (AvgIpc) is 2.92. The second-order valence-electron chi connectivity index (χ2n) is 5.74. The molecule has 24 heavy (non-hydrogen) atoms. The molecular formula is C18H23NO5. The number of fused-ring (bicyclic) bond motifs is 1. The maximum absolute atomic E-state index is 12.4. The summed E-state index contributed by atoms with van der Waals surface area (Å²) in [6.07, 6.45) is 2.75. The maximum atomic E-state index is 12.4. The van der Waals surface area contributed by atoms with Gasteiger partial charge in [-0.2, -0.15) is 0 Å². The lowest BCUT2D eigenvalue weighted by molar-refractivity contribution is -0.151. The first kappa shape index (κ1) is 17.8. The van der Waals surface area contributed by atoms with Gasteiger partial charge < -0.3 is 18.8 Å². The first-order chi connectivity index (χ1) is 11.5. The molecule has 0 saturated heterocycles. The molecular weight excluding hydrogens is 310 g/mol. The van der Waals surface area contributed by atoms with Gasteiger partial charge >= 0.3 is 5.97 Å². The molecule has 0 saturated carbocycles. The highest BCUT2D eigenvalue weighted by atomic mass is 16.5. The number of rotatable bonds is 7. The van der Waals surface area contributed by atoms with Crippen LogP contribution in [0.25, 0.3) is 10.9 Å². The molecule has 6 heteroatoms. The zero-order valence-electron chi connectivity index (χ0n) is 14.7. The van der Waals surface area contributed by atoms with E-state index >= 15 is 0 Å². The van der Waals surface area contributed by atoms with Crippen molar-refractivity contribution in [1.82, 2.24) is 4.57 Å². The SMILES string of the molecule is CCC(C(=O)OC(C)C)n1cc(C=O)c2c(OC)cc(OC)cc21. The number of aldehydes is 1. The third kappa shape index (κ3) is 3.22. The predicted octanol–water partition coefficient (Wildman–Crippen LogP) is 3.37. The minimum Gasteiger partial charge on any atom is -0.497 e. The molecule has 0 spiro atoms. The molecule has 1 atom stereocenters. The van der Waals surface area contributed by atoms with Gasteiger partial charge in [-0.25, -0.2) is 4.79 Å². The summed E-state index contributed by atoms with van der Waals surface area (Å²) in [4.78, 5) is 23.9. The van der Waals surface area contributed by atoms with Crippen molar-refractivity contribution in [3.8, 4) is 11.5 Å². The molecule has 0 N–H and O–H groups in total. The molecule has 1 aromatic heterocycles. The Bertz CT molecular complexity index is 747. The molecule has 6 nitrogen and oxygen atoms in total. The Morgan fingerprint density at radius 2 is 1.96 bits per heavy atom. The fourth-order valence-electron chi connectivity index (χ4n) is 2.77. The fraction of sp³-hybridized carbons (Fsp3) is 0.444. The van der Waals surface area contributed by atoms with Crippen LogP contribution in [0.15, 0.2) is 18.3 Å². The van der Waals surface area contributed by atoms with E-state index in [4.69, 9.17) is 14.2 Å². The molecule has 2 rings (SSSR count). The lowest BCUT2D eigenvalue weighted by Crippen LogP contribution is -2.23. The van der Waals surface area contributed by atoms with Crippen LogP contribution in [0.2, 0.25) is 0 Å². The normalized spacial score (nSPS) is 12.2. The first-order valence-corrected chi connectivity index (χ1v) is 7.89. The molecule has 1 unspecified atom stereocenters. The predicted molar refractivity (Wildman–Crippen MR) is 91.0 cm³/mol. The number of esters is 1. The van der Waals surface area contributed by atoms with E-state index in [0.29, 0.717) is 34.4 Å². The number of hydrogen-bond donors (Lipinski definition) is 0. The zero-order valence-corrected chi connectivity index (χ0v) is 14.7. The van der Waals surface area contributed by atoms with Crippen molar-refractivity contribution in [3.63, 3.8) is 0 Å². The maximum Gasteiger partial charge on any atom is 0.329 e. The molecule has 130 valence electrons. The van der Waals surface area contributed by atoms with Crippen molar-refractivity contribution in [3.05, 3.63) is 23.9 Å². The van der Waals surface area contributed by atoms with Gasteiger partial charge in [-0.15, -0.1) is 0 Å². The van der Waals surface area contributed by atoms with Crippen molar-refractivity contribution in [2.24, 2.45) is 0 Å². The molecule has 0 bridgehead atoms. The van der Waals surface area contributed by atoms with Gasteiger partial charge in [0.15, 0.2) is 6.29 Å². The van der Waals surface area contributed by atoms with Crippen molar-refractivity contribution < 1.29 is 23.8 Å². The van der Waals surface area contributed by atoms with E-state index in [1.807, 2.05) is 6.92 Å². The van der Waals surface area contributed by atoms with Crippen LogP contribution in [0, 0.1) is 0 Å². The van der Waals surface area contributed by atoms with Crippen LogP contribution in [0.4, 0.5) is 0 Å². The molecule has 0 aliphatic carbocycles. The third-order valence-corrected chi connectivity index (χ3v) is 3.83. The highest BCUT2D eigenvalue weighted by molar-refractivity contribution is 6.02. The summed E-state index contributed by atoms with van der Waals surface area (Å²) >= 11 is 0. The highest BCUT2D eigenvalue weighted by Gasteiger charge is 2.25. The van der Waals surface area contributed by atoms with Gasteiger partial charge in [-0.3, -0.25) is 4.79 Å². The standard InChI is InChI=1S/C18H23NO5/c1-6-14(18(21)24-11(2)3)19-9-12(10-20)17-15(19)7-13(22-4)8-16(17)23-5/h7-11,14H,6H2,1-5H3. The van der Waals surface area contributed by atoms with Crippen LogP contribution in [0.3, 0.4) is 0 Å². The Labute approximate surface area is 141 Å². The van der Waals surface area contributed by atoms with Gasteiger partial charge in [0, 0.05) is 23.9 Å². The van der Waals surface area contributed by atoms with Crippen molar-refractivity contribution in [2.75, 3.05) is 14.2 Å². The molecule has 1 aromatic carbocycles. The highest BCUT2D eigenvalue weighted by Crippen LogP contribution is 2.36. The molecule has 0 amide bonds. The van der Waals surface area contributed by atoms with Crippen molar-refractivity contribution >= 4 is 23.2 Å². The van der Waals surface area contributed by atoms with Crippen LogP contribution in [0.1, 0.15) is 43.6 Å².